The first-order valence-corrected chi connectivity index (χ1v) is 9.75. The Bertz CT molecular complexity index is 875. The van der Waals surface area contributed by atoms with Crippen LogP contribution in [0.3, 0.4) is 0 Å². The minimum absolute atomic E-state index is 0.0295. The molecule has 0 radical (unpaired) electrons. The normalized spacial score (nSPS) is 14.9. The van der Waals surface area contributed by atoms with Gasteiger partial charge in [-0.05, 0) is 29.3 Å². The van der Waals surface area contributed by atoms with E-state index in [0.29, 0.717) is 5.75 Å². The van der Waals surface area contributed by atoms with Crippen LogP contribution in [-0.2, 0) is 4.79 Å². The largest absolute Gasteiger partial charge is 0.479 e. The van der Waals surface area contributed by atoms with Crippen molar-refractivity contribution in [2.75, 3.05) is 39.3 Å². The van der Waals surface area contributed by atoms with Gasteiger partial charge in [-0.1, -0.05) is 54.6 Å². The first-order valence-electron chi connectivity index (χ1n) is 9.75. The van der Waals surface area contributed by atoms with E-state index in [9.17, 15) is 4.79 Å². The van der Waals surface area contributed by atoms with Crippen LogP contribution in [0.2, 0.25) is 0 Å². The lowest BCUT2D eigenvalue weighted by molar-refractivity contribution is -0.127. The molecule has 5 heteroatoms. The van der Waals surface area contributed by atoms with Gasteiger partial charge in [-0.3, -0.25) is 9.69 Å². The first kappa shape index (κ1) is 20.4. The average molecular weight is 387 g/mol. The number of rotatable bonds is 7. The van der Waals surface area contributed by atoms with Crippen LogP contribution in [-0.4, -0.2) is 55.0 Å². The molecule has 1 aliphatic rings. The van der Waals surface area contributed by atoms with Crippen LogP contribution in [0, 0.1) is 11.3 Å². The number of ether oxygens (including phenoxy) is 1. The molecule has 0 bridgehead atoms. The van der Waals surface area contributed by atoms with E-state index in [0.717, 1.165) is 38.3 Å². The van der Waals surface area contributed by atoms with Crippen molar-refractivity contribution in [3.8, 4) is 11.8 Å². The summed E-state index contributed by atoms with van der Waals surface area (Å²) < 4.78 is 5.22. The molecular formula is C24H25N3O2. The van der Waals surface area contributed by atoms with Crippen LogP contribution >= 0.6 is 0 Å². The standard InChI is InChI=1S/C24H25N3O2/c25-14-20-29-23-11-8-22(9-12-23)10-13-24(28)27-18-16-26(17-19-27)15-4-7-21-5-2-1-3-6-21/h1-13H,15-20H2. The maximum absolute atomic E-state index is 12.4. The fourth-order valence-electron chi connectivity index (χ4n) is 3.12. The summed E-state index contributed by atoms with van der Waals surface area (Å²) in [5.74, 6) is 0.682. The summed E-state index contributed by atoms with van der Waals surface area (Å²) in [4.78, 5) is 16.7. The van der Waals surface area contributed by atoms with Crippen LogP contribution in [0.1, 0.15) is 11.1 Å². The number of carbonyl (C=O) groups excluding carboxylic acids is 1. The predicted octanol–water partition coefficient (Wildman–Crippen LogP) is 3.46. The third-order valence-electron chi connectivity index (χ3n) is 4.76. The number of hydrogen-bond acceptors (Lipinski definition) is 4. The lowest BCUT2D eigenvalue weighted by Gasteiger charge is -2.33. The molecule has 1 fully saturated rings. The van der Waals surface area contributed by atoms with E-state index in [2.05, 4.69) is 29.2 Å². The molecule has 0 spiro atoms. The molecule has 29 heavy (non-hydrogen) atoms. The Labute approximate surface area is 172 Å². The van der Waals surface area contributed by atoms with Gasteiger partial charge in [0.05, 0.1) is 0 Å². The van der Waals surface area contributed by atoms with Crippen molar-refractivity contribution in [1.29, 1.82) is 5.26 Å². The van der Waals surface area contributed by atoms with E-state index < -0.39 is 0 Å². The molecule has 0 aromatic heterocycles. The van der Waals surface area contributed by atoms with E-state index in [-0.39, 0.29) is 12.5 Å². The zero-order valence-corrected chi connectivity index (χ0v) is 16.4. The van der Waals surface area contributed by atoms with E-state index in [1.54, 1.807) is 18.2 Å². The molecule has 0 aliphatic carbocycles. The smallest absolute Gasteiger partial charge is 0.246 e. The minimum Gasteiger partial charge on any atom is -0.479 e. The monoisotopic (exact) mass is 387 g/mol. The highest BCUT2D eigenvalue weighted by Gasteiger charge is 2.18. The molecule has 1 heterocycles. The third kappa shape index (κ3) is 6.63. The number of piperazine rings is 1. The Morgan fingerprint density at radius 1 is 0.966 bits per heavy atom. The maximum Gasteiger partial charge on any atom is 0.246 e. The van der Waals surface area contributed by atoms with Gasteiger partial charge in [-0.15, -0.1) is 0 Å². The Hall–Kier alpha value is -3.36. The van der Waals surface area contributed by atoms with Gasteiger partial charge in [0.2, 0.25) is 5.91 Å². The Morgan fingerprint density at radius 3 is 2.34 bits per heavy atom. The third-order valence-corrected chi connectivity index (χ3v) is 4.76. The fraction of sp³-hybridized carbons (Fsp3) is 0.250. The van der Waals surface area contributed by atoms with Crippen LogP contribution in [0.4, 0.5) is 0 Å². The highest BCUT2D eigenvalue weighted by Crippen LogP contribution is 2.13. The molecular weight excluding hydrogens is 362 g/mol. The van der Waals surface area contributed by atoms with Gasteiger partial charge in [0, 0.05) is 38.8 Å². The molecule has 1 aliphatic heterocycles. The van der Waals surface area contributed by atoms with Gasteiger partial charge in [0.25, 0.3) is 0 Å². The molecule has 2 aromatic rings. The van der Waals surface area contributed by atoms with E-state index in [4.69, 9.17) is 10.00 Å². The summed E-state index contributed by atoms with van der Waals surface area (Å²) in [6.07, 6.45) is 7.75. The average Bonchev–Trinajstić information content (AvgIpc) is 2.78. The van der Waals surface area contributed by atoms with Crippen LogP contribution in [0.25, 0.3) is 12.2 Å². The Kier molecular flexibility index (Phi) is 7.62. The molecule has 148 valence electrons. The predicted molar refractivity (Wildman–Crippen MR) is 115 cm³/mol. The molecule has 0 saturated carbocycles. The number of carbonyl (C=O) groups is 1. The second-order valence-electron chi connectivity index (χ2n) is 6.79. The van der Waals surface area contributed by atoms with Gasteiger partial charge in [0.15, 0.2) is 6.61 Å². The summed E-state index contributed by atoms with van der Waals surface area (Å²) in [5, 5.41) is 8.52. The zero-order chi connectivity index (χ0) is 20.3. The van der Waals surface area contributed by atoms with E-state index in [1.165, 1.54) is 5.56 Å². The number of hydrogen-bond donors (Lipinski definition) is 0. The zero-order valence-electron chi connectivity index (χ0n) is 16.4. The molecule has 1 amide bonds. The van der Waals surface area contributed by atoms with Crippen molar-refractivity contribution in [1.82, 2.24) is 9.80 Å². The van der Waals surface area contributed by atoms with Crippen LogP contribution in [0.15, 0.2) is 66.7 Å². The molecule has 0 unspecified atom stereocenters. The summed E-state index contributed by atoms with van der Waals surface area (Å²) >= 11 is 0. The Balaban J connectivity index is 1.42. The van der Waals surface area contributed by atoms with Crippen molar-refractivity contribution in [3.05, 3.63) is 77.9 Å². The topological polar surface area (TPSA) is 56.6 Å². The van der Waals surface area contributed by atoms with Gasteiger partial charge in [0.1, 0.15) is 11.8 Å². The summed E-state index contributed by atoms with van der Waals surface area (Å²) in [6, 6.07) is 19.5. The van der Waals surface area contributed by atoms with Gasteiger partial charge in [-0.25, -0.2) is 0 Å². The fourth-order valence-corrected chi connectivity index (χ4v) is 3.12. The van der Waals surface area contributed by atoms with Crippen LogP contribution in [0.5, 0.6) is 5.75 Å². The quantitative estimate of drug-likeness (QED) is 0.683. The van der Waals surface area contributed by atoms with Crippen molar-refractivity contribution < 1.29 is 9.53 Å². The van der Waals surface area contributed by atoms with Crippen LogP contribution < -0.4 is 4.74 Å². The molecule has 2 aromatic carbocycles. The van der Waals surface area contributed by atoms with E-state index >= 15 is 0 Å². The van der Waals surface area contributed by atoms with Gasteiger partial charge in [-0.2, -0.15) is 5.26 Å². The number of nitriles is 1. The van der Waals surface area contributed by atoms with Gasteiger partial charge >= 0.3 is 0 Å². The lowest BCUT2D eigenvalue weighted by Crippen LogP contribution is -2.48. The van der Waals surface area contributed by atoms with Crippen molar-refractivity contribution in [2.45, 2.75) is 0 Å². The maximum atomic E-state index is 12.4. The highest BCUT2D eigenvalue weighted by atomic mass is 16.5. The number of nitrogens with zero attached hydrogens (tertiary/aromatic N) is 3. The molecule has 0 N–H and O–H groups in total. The lowest BCUT2D eigenvalue weighted by atomic mass is 10.2. The Morgan fingerprint density at radius 2 is 1.66 bits per heavy atom. The SMILES string of the molecule is N#CCOc1ccc(C=CC(=O)N2CCN(CC=Cc3ccccc3)CC2)cc1. The second-order valence-corrected chi connectivity index (χ2v) is 6.79. The van der Waals surface area contributed by atoms with Crippen molar-refractivity contribution in [3.63, 3.8) is 0 Å². The van der Waals surface area contributed by atoms with E-state index in [1.807, 2.05) is 47.4 Å². The molecule has 0 atom stereocenters. The minimum atomic E-state index is 0.0295. The molecule has 3 rings (SSSR count). The number of benzene rings is 2. The summed E-state index contributed by atoms with van der Waals surface area (Å²) in [6.45, 7) is 4.16. The summed E-state index contributed by atoms with van der Waals surface area (Å²) in [7, 11) is 0. The first-order chi connectivity index (χ1) is 14.2. The van der Waals surface area contributed by atoms with Crippen molar-refractivity contribution in [2.24, 2.45) is 0 Å². The molecule has 1 saturated heterocycles. The highest BCUT2D eigenvalue weighted by molar-refractivity contribution is 5.91. The second kappa shape index (κ2) is 10.8. The van der Waals surface area contributed by atoms with Crippen molar-refractivity contribution >= 4 is 18.1 Å². The van der Waals surface area contributed by atoms with Gasteiger partial charge < -0.3 is 9.64 Å². The summed E-state index contributed by atoms with van der Waals surface area (Å²) in [5.41, 5.74) is 2.13. The molecule has 5 nitrogen and oxygen atoms in total. The number of amides is 1.